The summed E-state index contributed by atoms with van der Waals surface area (Å²) >= 11 is 0. The van der Waals surface area contributed by atoms with Gasteiger partial charge in [-0.1, -0.05) is 19.1 Å². The van der Waals surface area contributed by atoms with Crippen molar-refractivity contribution in [1.29, 1.82) is 0 Å². The van der Waals surface area contributed by atoms with E-state index in [4.69, 9.17) is 10.5 Å². The molecule has 3 heteroatoms. The van der Waals surface area contributed by atoms with Crippen molar-refractivity contribution < 1.29 is 9.84 Å². The minimum absolute atomic E-state index is 0.332. The van der Waals surface area contributed by atoms with Crippen molar-refractivity contribution in [1.82, 2.24) is 0 Å². The Morgan fingerprint density at radius 2 is 2.13 bits per heavy atom. The number of nitrogens with two attached hydrogens (primary N) is 1. The average molecular weight is 209 g/mol. The molecule has 0 heterocycles. The minimum atomic E-state index is -0.539. The molecular weight excluding hydrogens is 190 g/mol. The predicted molar refractivity (Wildman–Crippen MR) is 61.0 cm³/mol. The highest BCUT2D eigenvalue weighted by atomic mass is 16.5. The van der Waals surface area contributed by atoms with Gasteiger partial charge >= 0.3 is 0 Å². The Labute approximate surface area is 90.9 Å². The van der Waals surface area contributed by atoms with Crippen LogP contribution in [0.2, 0.25) is 0 Å². The van der Waals surface area contributed by atoms with Gasteiger partial charge in [0, 0.05) is 0 Å². The van der Waals surface area contributed by atoms with Gasteiger partial charge in [-0.3, -0.25) is 0 Å². The molecule has 0 aliphatic carbocycles. The van der Waals surface area contributed by atoms with Crippen LogP contribution in [0.5, 0.6) is 5.75 Å². The molecule has 0 saturated carbocycles. The molecule has 0 spiro atoms. The van der Waals surface area contributed by atoms with E-state index in [0.29, 0.717) is 0 Å². The number of ether oxygens (including phenoxy) is 1. The minimum Gasteiger partial charge on any atom is -0.496 e. The number of aliphatic hydroxyl groups excluding tert-OH is 1. The maximum Gasteiger partial charge on any atom is 0.122 e. The van der Waals surface area contributed by atoms with Crippen LogP contribution in [0.3, 0.4) is 0 Å². The van der Waals surface area contributed by atoms with E-state index in [1.54, 1.807) is 14.0 Å². The van der Waals surface area contributed by atoms with Crippen LogP contribution in [-0.4, -0.2) is 18.3 Å². The summed E-state index contributed by atoms with van der Waals surface area (Å²) in [5.41, 5.74) is 7.93. The van der Waals surface area contributed by atoms with Crippen LogP contribution in [0, 0.1) is 0 Å². The summed E-state index contributed by atoms with van der Waals surface area (Å²) in [5.74, 6) is 0.874. The molecule has 3 nitrogen and oxygen atoms in total. The summed E-state index contributed by atoms with van der Waals surface area (Å²) in [5, 5.41) is 9.41. The smallest absolute Gasteiger partial charge is 0.122 e. The molecule has 2 unspecified atom stereocenters. The highest BCUT2D eigenvalue weighted by Crippen LogP contribution is 2.24. The number of aryl methyl sites for hydroxylation is 1. The Hall–Kier alpha value is -1.06. The maximum atomic E-state index is 9.41. The second kappa shape index (κ2) is 5.14. The standard InChI is InChI=1S/C12H19NO2/c1-4-9-7-10(12(13)8(2)14)5-6-11(9)15-3/h5-8,12,14H,4,13H2,1-3H3. The van der Waals surface area contributed by atoms with Gasteiger partial charge in [0.05, 0.1) is 19.3 Å². The van der Waals surface area contributed by atoms with Gasteiger partial charge in [-0.15, -0.1) is 0 Å². The largest absolute Gasteiger partial charge is 0.496 e. The highest BCUT2D eigenvalue weighted by molar-refractivity contribution is 5.38. The summed E-state index contributed by atoms with van der Waals surface area (Å²) in [4.78, 5) is 0. The van der Waals surface area contributed by atoms with E-state index >= 15 is 0 Å². The van der Waals surface area contributed by atoms with Gasteiger partial charge < -0.3 is 15.6 Å². The molecule has 0 bridgehead atoms. The maximum absolute atomic E-state index is 9.41. The third-order valence-corrected chi connectivity index (χ3v) is 2.59. The van der Waals surface area contributed by atoms with Gasteiger partial charge in [0.15, 0.2) is 0 Å². The van der Waals surface area contributed by atoms with Crippen LogP contribution in [0.25, 0.3) is 0 Å². The monoisotopic (exact) mass is 209 g/mol. The third-order valence-electron chi connectivity index (χ3n) is 2.59. The van der Waals surface area contributed by atoms with E-state index in [2.05, 4.69) is 6.92 Å². The molecule has 1 rings (SSSR count). The lowest BCUT2D eigenvalue weighted by Crippen LogP contribution is -2.23. The Balaban J connectivity index is 3.02. The van der Waals surface area contributed by atoms with Crippen LogP contribution in [0.15, 0.2) is 18.2 Å². The summed E-state index contributed by atoms with van der Waals surface area (Å²) in [6.45, 7) is 3.76. The fourth-order valence-electron chi connectivity index (χ4n) is 1.56. The number of methoxy groups -OCH3 is 1. The van der Waals surface area contributed by atoms with Gasteiger partial charge in [0.1, 0.15) is 5.75 Å². The van der Waals surface area contributed by atoms with Crippen molar-refractivity contribution >= 4 is 0 Å². The van der Waals surface area contributed by atoms with E-state index in [1.165, 1.54) is 0 Å². The Morgan fingerprint density at radius 1 is 1.47 bits per heavy atom. The third kappa shape index (κ3) is 2.70. The topological polar surface area (TPSA) is 55.5 Å². The molecule has 84 valence electrons. The summed E-state index contributed by atoms with van der Waals surface area (Å²) in [6, 6.07) is 5.46. The fraction of sp³-hybridized carbons (Fsp3) is 0.500. The number of hydrogen-bond acceptors (Lipinski definition) is 3. The van der Waals surface area contributed by atoms with E-state index in [0.717, 1.165) is 23.3 Å². The quantitative estimate of drug-likeness (QED) is 0.792. The molecule has 2 atom stereocenters. The van der Waals surface area contributed by atoms with Gasteiger partial charge in [-0.25, -0.2) is 0 Å². The van der Waals surface area contributed by atoms with E-state index in [9.17, 15) is 5.11 Å². The molecule has 0 saturated heterocycles. The van der Waals surface area contributed by atoms with Crippen LogP contribution < -0.4 is 10.5 Å². The number of rotatable bonds is 4. The summed E-state index contributed by atoms with van der Waals surface area (Å²) < 4.78 is 5.23. The molecule has 0 radical (unpaired) electrons. The van der Waals surface area contributed by atoms with Crippen molar-refractivity contribution in [2.75, 3.05) is 7.11 Å². The van der Waals surface area contributed by atoms with Crippen LogP contribution in [-0.2, 0) is 6.42 Å². The molecule has 0 fully saturated rings. The molecule has 0 amide bonds. The first kappa shape index (κ1) is 12.0. The van der Waals surface area contributed by atoms with Gasteiger partial charge in [-0.05, 0) is 30.5 Å². The van der Waals surface area contributed by atoms with Gasteiger partial charge in [0.2, 0.25) is 0 Å². The molecule has 1 aromatic carbocycles. The summed E-state index contributed by atoms with van der Waals surface area (Å²) in [7, 11) is 1.66. The number of hydrogen-bond donors (Lipinski definition) is 2. The van der Waals surface area contributed by atoms with Gasteiger partial charge in [-0.2, -0.15) is 0 Å². The van der Waals surface area contributed by atoms with Gasteiger partial charge in [0.25, 0.3) is 0 Å². The van der Waals surface area contributed by atoms with Crippen molar-refractivity contribution in [3.05, 3.63) is 29.3 Å². The average Bonchev–Trinajstić information content (AvgIpc) is 2.26. The SMILES string of the molecule is CCc1cc(C(N)C(C)O)ccc1OC. The second-order valence-electron chi connectivity index (χ2n) is 3.69. The van der Waals surface area contributed by atoms with Crippen molar-refractivity contribution in [2.45, 2.75) is 32.4 Å². The zero-order valence-electron chi connectivity index (χ0n) is 9.53. The lowest BCUT2D eigenvalue weighted by atomic mass is 9.99. The number of benzene rings is 1. The molecule has 1 aromatic rings. The van der Waals surface area contributed by atoms with Crippen molar-refractivity contribution in [3.8, 4) is 5.75 Å². The fourth-order valence-corrected chi connectivity index (χ4v) is 1.56. The lowest BCUT2D eigenvalue weighted by Gasteiger charge is -2.17. The van der Waals surface area contributed by atoms with Crippen LogP contribution in [0.1, 0.15) is 31.0 Å². The zero-order chi connectivity index (χ0) is 11.4. The number of aliphatic hydroxyl groups is 1. The molecule has 0 aliphatic heterocycles. The highest BCUT2D eigenvalue weighted by Gasteiger charge is 2.13. The second-order valence-corrected chi connectivity index (χ2v) is 3.69. The van der Waals surface area contributed by atoms with Crippen molar-refractivity contribution in [2.24, 2.45) is 5.73 Å². The molecule has 0 aromatic heterocycles. The van der Waals surface area contributed by atoms with E-state index in [1.807, 2.05) is 18.2 Å². The van der Waals surface area contributed by atoms with Crippen LogP contribution in [0.4, 0.5) is 0 Å². The normalized spacial score (nSPS) is 14.7. The first-order chi connectivity index (χ1) is 7.10. The first-order valence-corrected chi connectivity index (χ1v) is 5.20. The molecular formula is C12H19NO2. The molecule has 0 aliphatic rings. The summed E-state index contributed by atoms with van der Waals surface area (Å²) in [6.07, 6.45) is 0.354. The van der Waals surface area contributed by atoms with Crippen molar-refractivity contribution in [3.63, 3.8) is 0 Å². The van der Waals surface area contributed by atoms with E-state index < -0.39 is 6.10 Å². The predicted octanol–water partition coefficient (Wildman–Crippen LogP) is 1.64. The molecule has 15 heavy (non-hydrogen) atoms. The lowest BCUT2D eigenvalue weighted by molar-refractivity contribution is 0.164. The van der Waals surface area contributed by atoms with E-state index in [-0.39, 0.29) is 6.04 Å². The molecule has 3 N–H and O–H groups in total. The Morgan fingerprint density at radius 3 is 2.60 bits per heavy atom. The Kier molecular flexibility index (Phi) is 4.12. The Bertz CT molecular complexity index is 323. The zero-order valence-corrected chi connectivity index (χ0v) is 9.53. The van der Waals surface area contributed by atoms with Crippen LogP contribution >= 0.6 is 0 Å². The first-order valence-electron chi connectivity index (χ1n) is 5.20.